The molecular formula is C15H19N3. The highest BCUT2D eigenvalue weighted by Gasteiger charge is 2.38. The summed E-state index contributed by atoms with van der Waals surface area (Å²) in [5, 5.41) is 4.72. The lowest BCUT2D eigenvalue weighted by molar-refractivity contribution is 0.493. The Balaban J connectivity index is 2.04. The molecule has 0 atom stereocenters. The van der Waals surface area contributed by atoms with Gasteiger partial charge in [-0.1, -0.05) is 12.1 Å². The summed E-state index contributed by atoms with van der Waals surface area (Å²) in [6.07, 6.45) is 4.30. The molecule has 1 saturated carbocycles. The van der Waals surface area contributed by atoms with Gasteiger partial charge in [0.2, 0.25) is 0 Å². The van der Waals surface area contributed by atoms with Gasteiger partial charge in [-0.05, 0) is 51.2 Å². The summed E-state index contributed by atoms with van der Waals surface area (Å²) in [6.45, 7) is 6.61. The number of hydrogen-bond donors (Lipinski definition) is 1. The molecule has 0 radical (unpaired) electrons. The van der Waals surface area contributed by atoms with E-state index in [2.05, 4.69) is 54.3 Å². The fourth-order valence-electron chi connectivity index (χ4n) is 2.55. The topological polar surface area (TPSA) is 37.8 Å². The lowest BCUT2D eigenvalue weighted by Gasteiger charge is -2.27. The molecule has 1 heterocycles. The second kappa shape index (κ2) is 3.94. The molecule has 0 unspecified atom stereocenters. The van der Waals surface area contributed by atoms with Crippen molar-refractivity contribution in [1.82, 2.24) is 9.97 Å². The summed E-state index contributed by atoms with van der Waals surface area (Å²) in [5.41, 5.74) is 2.36. The van der Waals surface area contributed by atoms with Crippen molar-refractivity contribution < 1.29 is 0 Å². The Labute approximate surface area is 108 Å². The predicted molar refractivity (Wildman–Crippen MR) is 74.7 cm³/mol. The van der Waals surface area contributed by atoms with Crippen LogP contribution in [0.1, 0.15) is 32.3 Å². The minimum Gasteiger partial charge on any atom is -0.364 e. The van der Waals surface area contributed by atoms with Crippen LogP contribution < -0.4 is 5.32 Å². The molecule has 1 aliphatic carbocycles. The number of fused-ring (bicyclic) bond motifs is 1. The van der Waals surface area contributed by atoms with Gasteiger partial charge in [0, 0.05) is 10.9 Å². The zero-order valence-corrected chi connectivity index (χ0v) is 11.2. The third-order valence-corrected chi connectivity index (χ3v) is 3.91. The monoisotopic (exact) mass is 241 g/mol. The van der Waals surface area contributed by atoms with Gasteiger partial charge in [0.05, 0.1) is 5.52 Å². The summed E-state index contributed by atoms with van der Waals surface area (Å²) in [5.74, 6) is 1.73. The molecule has 1 aromatic carbocycles. The van der Waals surface area contributed by atoms with Crippen molar-refractivity contribution in [3.05, 3.63) is 30.1 Å². The first-order chi connectivity index (χ1) is 8.58. The summed E-state index contributed by atoms with van der Waals surface area (Å²) in [6, 6.07) is 6.25. The Morgan fingerprint density at radius 2 is 2.00 bits per heavy atom. The number of nitrogens with zero attached hydrogens (tertiary/aromatic N) is 2. The molecule has 18 heavy (non-hydrogen) atoms. The molecular weight excluding hydrogens is 222 g/mol. The van der Waals surface area contributed by atoms with E-state index in [9.17, 15) is 0 Å². The number of nitrogens with one attached hydrogen (secondary N) is 1. The summed E-state index contributed by atoms with van der Waals surface area (Å²) >= 11 is 0. The molecule has 94 valence electrons. The van der Waals surface area contributed by atoms with Crippen LogP contribution in [0, 0.1) is 12.8 Å². The third kappa shape index (κ3) is 1.94. The fraction of sp³-hybridized carbons (Fsp3) is 0.467. The van der Waals surface area contributed by atoms with E-state index in [1.54, 1.807) is 6.33 Å². The Kier molecular flexibility index (Phi) is 2.51. The van der Waals surface area contributed by atoms with Gasteiger partial charge in [0.1, 0.15) is 12.1 Å². The molecule has 3 nitrogen and oxygen atoms in total. The van der Waals surface area contributed by atoms with Crippen molar-refractivity contribution in [2.24, 2.45) is 5.92 Å². The van der Waals surface area contributed by atoms with Crippen LogP contribution in [0.15, 0.2) is 24.5 Å². The van der Waals surface area contributed by atoms with Crippen LogP contribution in [-0.2, 0) is 0 Å². The normalized spacial score (nSPS) is 15.9. The largest absolute Gasteiger partial charge is 0.364 e. The van der Waals surface area contributed by atoms with Crippen LogP contribution >= 0.6 is 0 Å². The Hall–Kier alpha value is -1.64. The number of rotatable bonds is 3. The number of aryl methyl sites for hydroxylation is 1. The smallest absolute Gasteiger partial charge is 0.137 e. The van der Waals surface area contributed by atoms with Crippen molar-refractivity contribution in [1.29, 1.82) is 0 Å². The molecule has 1 aliphatic rings. The molecule has 1 aromatic heterocycles. The van der Waals surface area contributed by atoms with Crippen LogP contribution in [0.3, 0.4) is 0 Å². The molecule has 1 fully saturated rings. The molecule has 0 saturated heterocycles. The van der Waals surface area contributed by atoms with E-state index in [-0.39, 0.29) is 5.54 Å². The van der Waals surface area contributed by atoms with Gasteiger partial charge in [0.15, 0.2) is 0 Å². The highest BCUT2D eigenvalue weighted by Crippen LogP contribution is 2.41. The molecule has 3 heteroatoms. The van der Waals surface area contributed by atoms with Crippen molar-refractivity contribution in [2.75, 3.05) is 5.32 Å². The van der Waals surface area contributed by atoms with Crippen LogP contribution in [0.2, 0.25) is 0 Å². The Morgan fingerprint density at radius 1 is 1.22 bits per heavy atom. The maximum absolute atomic E-state index is 4.42. The quantitative estimate of drug-likeness (QED) is 0.893. The summed E-state index contributed by atoms with van der Waals surface area (Å²) < 4.78 is 0. The minimum atomic E-state index is 0.116. The van der Waals surface area contributed by atoms with Crippen LogP contribution in [0.5, 0.6) is 0 Å². The van der Waals surface area contributed by atoms with Gasteiger partial charge in [-0.15, -0.1) is 0 Å². The van der Waals surface area contributed by atoms with Gasteiger partial charge in [-0.2, -0.15) is 0 Å². The maximum atomic E-state index is 4.42. The summed E-state index contributed by atoms with van der Waals surface area (Å²) in [4.78, 5) is 8.80. The highest BCUT2D eigenvalue weighted by atomic mass is 15.1. The molecule has 1 N–H and O–H groups in total. The molecule has 3 rings (SSSR count). The average molecular weight is 241 g/mol. The van der Waals surface area contributed by atoms with Crippen molar-refractivity contribution >= 4 is 16.7 Å². The van der Waals surface area contributed by atoms with E-state index in [4.69, 9.17) is 0 Å². The van der Waals surface area contributed by atoms with E-state index >= 15 is 0 Å². The first kappa shape index (κ1) is 11.5. The van der Waals surface area contributed by atoms with Crippen molar-refractivity contribution in [2.45, 2.75) is 39.2 Å². The second-order valence-electron chi connectivity index (χ2n) is 5.81. The molecule has 0 bridgehead atoms. The minimum absolute atomic E-state index is 0.116. The third-order valence-electron chi connectivity index (χ3n) is 3.91. The van der Waals surface area contributed by atoms with E-state index in [0.29, 0.717) is 0 Å². The standard InChI is InChI=1S/C15H19N3/c1-10-5-4-6-12-13(10)16-9-17-14(12)18-15(2,3)11-7-8-11/h4-6,9,11H,7-8H2,1-3H3,(H,16,17,18). The number of benzene rings is 1. The molecule has 0 amide bonds. The number of anilines is 1. The Morgan fingerprint density at radius 3 is 2.72 bits per heavy atom. The predicted octanol–water partition coefficient (Wildman–Crippen LogP) is 3.54. The fourth-order valence-corrected chi connectivity index (χ4v) is 2.55. The maximum Gasteiger partial charge on any atom is 0.137 e. The molecule has 0 spiro atoms. The number of aromatic nitrogens is 2. The van der Waals surface area contributed by atoms with E-state index in [1.165, 1.54) is 18.4 Å². The number of para-hydroxylation sites is 1. The van der Waals surface area contributed by atoms with E-state index < -0.39 is 0 Å². The van der Waals surface area contributed by atoms with Gasteiger partial charge in [0.25, 0.3) is 0 Å². The lowest BCUT2D eigenvalue weighted by Crippen LogP contribution is -2.33. The first-order valence-corrected chi connectivity index (χ1v) is 6.56. The Bertz CT molecular complexity index is 585. The van der Waals surface area contributed by atoms with Crippen molar-refractivity contribution in [3.63, 3.8) is 0 Å². The van der Waals surface area contributed by atoms with Crippen LogP contribution in [0.25, 0.3) is 10.9 Å². The molecule has 0 aliphatic heterocycles. The summed E-state index contributed by atoms with van der Waals surface area (Å²) in [7, 11) is 0. The van der Waals surface area contributed by atoms with E-state index in [1.807, 2.05) is 0 Å². The zero-order chi connectivity index (χ0) is 12.8. The van der Waals surface area contributed by atoms with Crippen molar-refractivity contribution in [3.8, 4) is 0 Å². The van der Waals surface area contributed by atoms with Gasteiger partial charge in [-0.3, -0.25) is 0 Å². The number of hydrogen-bond acceptors (Lipinski definition) is 3. The average Bonchev–Trinajstić information content (AvgIpc) is 3.14. The lowest BCUT2D eigenvalue weighted by atomic mass is 9.98. The van der Waals surface area contributed by atoms with Crippen LogP contribution in [0.4, 0.5) is 5.82 Å². The molecule has 2 aromatic rings. The second-order valence-corrected chi connectivity index (χ2v) is 5.81. The van der Waals surface area contributed by atoms with E-state index in [0.717, 1.165) is 22.6 Å². The first-order valence-electron chi connectivity index (χ1n) is 6.56. The highest BCUT2D eigenvalue weighted by molar-refractivity contribution is 5.91. The zero-order valence-electron chi connectivity index (χ0n) is 11.2. The van der Waals surface area contributed by atoms with Gasteiger partial charge >= 0.3 is 0 Å². The van der Waals surface area contributed by atoms with Gasteiger partial charge < -0.3 is 5.32 Å². The van der Waals surface area contributed by atoms with Crippen LogP contribution in [-0.4, -0.2) is 15.5 Å². The van der Waals surface area contributed by atoms with Gasteiger partial charge in [-0.25, -0.2) is 9.97 Å². The SMILES string of the molecule is Cc1cccc2c(NC(C)(C)C3CC3)ncnc12.